The number of rotatable bonds is 2. The average Bonchev–Trinajstić information content (AvgIpc) is 2.14. The van der Waals surface area contributed by atoms with E-state index in [9.17, 15) is 4.79 Å². The van der Waals surface area contributed by atoms with Crippen molar-refractivity contribution in [1.29, 1.82) is 5.41 Å². The summed E-state index contributed by atoms with van der Waals surface area (Å²) in [5, 5.41) is 9.00. The minimum atomic E-state index is -0.414. The van der Waals surface area contributed by atoms with E-state index in [1.165, 1.54) is 6.08 Å². The molecule has 1 aromatic rings. The van der Waals surface area contributed by atoms with E-state index in [0.717, 1.165) is 10.0 Å². The highest BCUT2D eigenvalue weighted by Crippen LogP contribution is 2.12. The van der Waals surface area contributed by atoms with Crippen molar-refractivity contribution in [2.24, 2.45) is 5.73 Å². The number of guanidine groups is 1. The van der Waals surface area contributed by atoms with Crippen LogP contribution >= 0.6 is 15.9 Å². The van der Waals surface area contributed by atoms with Crippen LogP contribution in [0.1, 0.15) is 5.56 Å². The van der Waals surface area contributed by atoms with E-state index < -0.39 is 5.91 Å². The summed E-state index contributed by atoms with van der Waals surface area (Å²) >= 11 is 3.32. The van der Waals surface area contributed by atoms with Crippen molar-refractivity contribution < 1.29 is 4.79 Å². The summed E-state index contributed by atoms with van der Waals surface area (Å²) in [5.41, 5.74) is 5.89. The van der Waals surface area contributed by atoms with Crippen molar-refractivity contribution in [3.05, 3.63) is 40.4 Å². The zero-order chi connectivity index (χ0) is 11.3. The van der Waals surface area contributed by atoms with Crippen LogP contribution in [-0.2, 0) is 4.79 Å². The molecule has 0 bridgehead atoms. The van der Waals surface area contributed by atoms with Gasteiger partial charge in [-0.05, 0) is 23.8 Å². The molecule has 0 atom stereocenters. The number of amides is 1. The lowest BCUT2D eigenvalue weighted by atomic mass is 10.2. The Bertz CT molecular complexity index is 415. The molecular weight excluding hydrogens is 258 g/mol. The van der Waals surface area contributed by atoms with Crippen LogP contribution in [0.25, 0.3) is 6.08 Å². The molecule has 0 aromatic heterocycles. The Kier molecular flexibility index (Phi) is 4.05. The Labute approximate surface area is 95.8 Å². The lowest BCUT2D eigenvalue weighted by Crippen LogP contribution is -2.34. The number of nitrogens with one attached hydrogen (secondary N) is 2. The molecule has 1 rings (SSSR count). The SMILES string of the molecule is N=C(N)NC(=O)C=Cc1cccc(Br)c1. The van der Waals surface area contributed by atoms with E-state index in [0.29, 0.717) is 0 Å². The van der Waals surface area contributed by atoms with E-state index in [-0.39, 0.29) is 5.96 Å². The smallest absolute Gasteiger partial charge is 0.250 e. The topological polar surface area (TPSA) is 79.0 Å². The Morgan fingerprint density at radius 3 is 2.87 bits per heavy atom. The number of nitrogens with two attached hydrogens (primary N) is 1. The van der Waals surface area contributed by atoms with Gasteiger partial charge in [0.05, 0.1) is 0 Å². The Hall–Kier alpha value is -1.62. The first-order chi connectivity index (χ1) is 7.08. The summed E-state index contributed by atoms with van der Waals surface area (Å²) in [4.78, 5) is 11.1. The third-order valence-electron chi connectivity index (χ3n) is 1.53. The van der Waals surface area contributed by atoms with Crippen molar-refractivity contribution >= 4 is 33.9 Å². The van der Waals surface area contributed by atoms with Crippen molar-refractivity contribution in [2.45, 2.75) is 0 Å². The third-order valence-corrected chi connectivity index (χ3v) is 2.03. The van der Waals surface area contributed by atoms with E-state index >= 15 is 0 Å². The van der Waals surface area contributed by atoms with Crippen LogP contribution in [0.4, 0.5) is 0 Å². The van der Waals surface area contributed by atoms with Gasteiger partial charge < -0.3 is 5.73 Å². The summed E-state index contributed by atoms with van der Waals surface area (Å²) in [6.07, 6.45) is 2.96. The maximum Gasteiger partial charge on any atom is 0.250 e. The normalized spacial score (nSPS) is 10.2. The molecular formula is C10H10BrN3O. The molecule has 0 radical (unpaired) electrons. The van der Waals surface area contributed by atoms with Crippen LogP contribution < -0.4 is 11.1 Å². The lowest BCUT2D eigenvalue weighted by Gasteiger charge is -1.97. The molecule has 0 aliphatic carbocycles. The predicted octanol–water partition coefficient (Wildman–Crippen LogP) is 1.47. The molecule has 0 saturated carbocycles. The Morgan fingerprint density at radius 1 is 1.53 bits per heavy atom. The van der Waals surface area contributed by atoms with E-state index in [1.54, 1.807) is 6.08 Å². The maximum absolute atomic E-state index is 11.1. The Balaban J connectivity index is 2.65. The number of hydrogen-bond acceptors (Lipinski definition) is 2. The van der Waals surface area contributed by atoms with Crippen LogP contribution in [0, 0.1) is 5.41 Å². The minimum Gasteiger partial charge on any atom is -0.370 e. The molecule has 1 amide bonds. The maximum atomic E-state index is 11.1. The fraction of sp³-hybridized carbons (Fsp3) is 0. The fourth-order valence-corrected chi connectivity index (χ4v) is 1.37. The molecule has 0 aliphatic heterocycles. The summed E-state index contributed by atoms with van der Waals surface area (Å²) < 4.78 is 0.941. The standard InChI is InChI=1S/C10H10BrN3O/c11-8-3-1-2-7(6-8)4-5-9(15)14-10(12)13/h1-6H,(H4,12,13,14,15). The molecule has 0 saturated heterocycles. The number of carbonyl (C=O) groups excluding carboxylic acids is 1. The zero-order valence-electron chi connectivity index (χ0n) is 7.83. The van der Waals surface area contributed by atoms with Gasteiger partial charge in [0.1, 0.15) is 0 Å². The fourth-order valence-electron chi connectivity index (χ4n) is 0.957. The molecule has 0 fully saturated rings. The quantitative estimate of drug-likeness (QED) is 0.431. The molecule has 0 unspecified atom stereocenters. The minimum absolute atomic E-state index is 0.362. The molecule has 0 aliphatic rings. The van der Waals surface area contributed by atoms with Gasteiger partial charge in [-0.15, -0.1) is 0 Å². The highest BCUT2D eigenvalue weighted by molar-refractivity contribution is 9.10. The molecule has 0 spiro atoms. The molecule has 78 valence electrons. The summed E-state index contributed by atoms with van der Waals surface area (Å²) in [6, 6.07) is 7.50. The number of benzene rings is 1. The highest BCUT2D eigenvalue weighted by Gasteiger charge is 1.95. The molecule has 0 heterocycles. The van der Waals surface area contributed by atoms with Gasteiger partial charge >= 0.3 is 0 Å². The van der Waals surface area contributed by atoms with Gasteiger partial charge in [0.2, 0.25) is 0 Å². The highest BCUT2D eigenvalue weighted by atomic mass is 79.9. The van der Waals surface area contributed by atoms with Crippen LogP contribution in [0.3, 0.4) is 0 Å². The summed E-state index contributed by atoms with van der Waals surface area (Å²) in [5.74, 6) is -0.777. The lowest BCUT2D eigenvalue weighted by molar-refractivity contribution is -0.115. The second-order valence-corrected chi connectivity index (χ2v) is 3.71. The van der Waals surface area contributed by atoms with E-state index in [1.807, 2.05) is 24.3 Å². The largest absolute Gasteiger partial charge is 0.370 e. The van der Waals surface area contributed by atoms with Crippen molar-refractivity contribution in [1.82, 2.24) is 5.32 Å². The van der Waals surface area contributed by atoms with E-state index in [2.05, 4.69) is 21.2 Å². The second kappa shape index (κ2) is 5.31. The number of hydrogen-bond donors (Lipinski definition) is 3. The predicted molar refractivity (Wildman–Crippen MR) is 63.2 cm³/mol. The van der Waals surface area contributed by atoms with Gasteiger partial charge in [0, 0.05) is 10.5 Å². The van der Waals surface area contributed by atoms with Crippen LogP contribution in [-0.4, -0.2) is 11.9 Å². The number of carbonyl (C=O) groups is 1. The van der Waals surface area contributed by atoms with Gasteiger partial charge in [0.25, 0.3) is 5.91 Å². The van der Waals surface area contributed by atoms with Crippen molar-refractivity contribution in [3.63, 3.8) is 0 Å². The van der Waals surface area contributed by atoms with E-state index in [4.69, 9.17) is 11.1 Å². The summed E-state index contributed by atoms with van der Waals surface area (Å²) in [7, 11) is 0. The third kappa shape index (κ3) is 4.42. The second-order valence-electron chi connectivity index (χ2n) is 2.79. The van der Waals surface area contributed by atoms with Gasteiger partial charge in [-0.1, -0.05) is 28.1 Å². The molecule has 4 N–H and O–H groups in total. The summed E-state index contributed by atoms with van der Waals surface area (Å²) in [6.45, 7) is 0. The van der Waals surface area contributed by atoms with Gasteiger partial charge in [0.15, 0.2) is 5.96 Å². The first-order valence-corrected chi connectivity index (χ1v) is 4.96. The van der Waals surface area contributed by atoms with Crippen molar-refractivity contribution in [2.75, 3.05) is 0 Å². The monoisotopic (exact) mass is 267 g/mol. The van der Waals surface area contributed by atoms with Crippen LogP contribution in [0.5, 0.6) is 0 Å². The Morgan fingerprint density at radius 2 is 2.27 bits per heavy atom. The van der Waals surface area contributed by atoms with Gasteiger partial charge in [-0.2, -0.15) is 0 Å². The molecule has 5 heteroatoms. The first-order valence-electron chi connectivity index (χ1n) is 4.16. The molecule has 1 aromatic carbocycles. The van der Waals surface area contributed by atoms with Crippen molar-refractivity contribution in [3.8, 4) is 0 Å². The van der Waals surface area contributed by atoms with Crippen LogP contribution in [0.2, 0.25) is 0 Å². The number of halogens is 1. The van der Waals surface area contributed by atoms with Gasteiger partial charge in [-0.25, -0.2) is 0 Å². The van der Waals surface area contributed by atoms with Crippen LogP contribution in [0.15, 0.2) is 34.8 Å². The average molecular weight is 268 g/mol. The van der Waals surface area contributed by atoms with Gasteiger partial charge in [-0.3, -0.25) is 15.5 Å². The molecule has 15 heavy (non-hydrogen) atoms. The molecule has 4 nitrogen and oxygen atoms in total. The first kappa shape index (κ1) is 11.5. The zero-order valence-corrected chi connectivity index (χ0v) is 9.41.